The standard InChI is InChI=1S/C15H23N3O/c1-3-13-11-18(10-9-17(13)2)15(19)14(16)12-7-5-4-6-8-12/h4-8,13-14H,3,9-11,16H2,1-2H3. The van der Waals surface area contributed by atoms with Crippen LogP contribution in [-0.2, 0) is 4.79 Å². The monoisotopic (exact) mass is 261 g/mol. The molecule has 1 aliphatic rings. The number of nitrogens with zero attached hydrogens (tertiary/aromatic N) is 2. The minimum absolute atomic E-state index is 0.0396. The Labute approximate surface area is 115 Å². The number of likely N-dealkylation sites (N-methyl/N-ethyl adjacent to an activating group) is 1. The molecule has 2 unspecified atom stereocenters. The molecule has 2 atom stereocenters. The van der Waals surface area contributed by atoms with Crippen molar-refractivity contribution in [1.82, 2.24) is 9.80 Å². The molecule has 4 heteroatoms. The number of hydrogen-bond acceptors (Lipinski definition) is 3. The lowest BCUT2D eigenvalue weighted by atomic mass is 10.0. The third kappa shape index (κ3) is 3.14. The Hall–Kier alpha value is -1.39. The predicted molar refractivity (Wildman–Crippen MR) is 76.7 cm³/mol. The van der Waals surface area contributed by atoms with Crippen LogP contribution in [0.15, 0.2) is 30.3 Å². The molecule has 0 aromatic heterocycles. The van der Waals surface area contributed by atoms with E-state index in [4.69, 9.17) is 5.73 Å². The van der Waals surface area contributed by atoms with Crippen LogP contribution < -0.4 is 5.73 Å². The van der Waals surface area contributed by atoms with E-state index >= 15 is 0 Å². The summed E-state index contributed by atoms with van der Waals surface area (Å²) >= 11 is 0. The first-order valence-corrected chi connectivity index (χ1v) is 6.93. The third-order valence-corrected chi connectivity index (χ3v) is 3.98. The molecule has 0 spiro atoms. The molecule has 0 bridgehead atoms. The second kappa shape index (κ2) is 6.17. The van der Waals surface area contributed by atoms with Crippen molar-refractivity contribution >= 4 is 5.91 Å². The quantitative estimate of drug-likeness (QED) is 0.890. The summed E-state index contributed by atoms with van der Waals surface area (Å²) in [4.78, 5) is 16.7. The van der Waals surface area contributed by atoms with E-state index in [9.17, 15) is 4.79 Å². The van der Waals surface area contributed by atoms with E-state index in [1.54, 1.807) is 0 Å². The summed E-state index contributed by atoms with van der Waals surface area (Å²) in [6.07, 6.45) is 1.06. The Morgan fingerprint density at radius 1 is 1.37 bits per heavy atom. The van der Waals surface area contributed by atoms with Gasteiger partial charge in [-0.05, 0) is 19.0 Å². The molecule has 0 saturated carbocycles. The average Bonchev–Trinajstić information content (AvgIpc) is 2.47. The van der Waals surface area contributed by atoms with Gasteiger partial charge in [0.1, 0.15) is 6.04 Å². The highest BCUT2D eigenvalue weighted by Gasteiger charge is 2.29. The molecule has 1 heterocycles. The maximum absolute atomic E-state index is 12.4. The SMILES string of the molecule is CCC1CN(C(=O)C(N)c2ccccc2)CCN1C. The maximum atomic E-state index is 12.4. The van der Waals surface area contributed by atoms with Gasteiger partial charge in [0, 0.05) is 25.7 Å². The first kappa shape index (κ1) is 14.0. The van der Waals surface area contributed by atoms with E-state index in [-0.39, 0.29) is 5.91 Å². The number of hydrogen-bond donors (Lipinski definition) is 1. The van der Waals surface area contributed by atoms with Gasteiger partial charge in [-0.1, -0.05) is 37.3 Å². The molecule has 1 fully saturated rings. The summed E-state index contributed by atoms with van der Waals surface area (Å²) in [5.74, 6) is 0.0396. The number of nitrogens with two attached hydrogens (primary N) is 1. The average molecular weight is 261 g/mol. The van der Waals surface area contributed by atoms with Crippen molar-refractivity contribution in [2.45, 2.75) is 25.4 Å². The minimum Gasteiger partial charge on any atom is -0.338 e. The molecule has 1 aromatic rings. The summed E-state index contributed by atoms with van der Waals surface area (Å²) in [5.41, 5.74) is 6.97. The molecule has 0 radical (unpaired) electrons. The van der Waals surface area contributed by atoms with Gasteiger partial charge in [-0.25, -0.2) is 0 Å². The van der Waals surface area contributed by atoms with Gasteiger partial charge in [0.15, 0.2) is 0 Å². The molecule has 104 valence electrons. The lowest BCUT2D eigenvalue weighted by Gasteiger charge is -2.40. The number of benzene rings is 1. The van der Waals surface area contributed by atoms with E-state index in [1.807, 2.05) is 35.2 Å². The van der Waals surface area contributed by atoms with E-state index in [1.165, 1.54) is 0 Å². The summed E-state index contributed by atoms with van der Waals surface area (Å²) in [5, 5.41) is 0. The minimum atomic E-state index is -0.540. The summed E-state index contributed by atoms with van der Waals surface area (Å²) in [6.45, 7) is 4.64. The fourth-order valence-corrected chi connectivity index (χ4v) is 2.59. The van der Waals surface area contributed by atoms with Crippen molar-refractivity contribution < 1.29 is 4.79 Å². The maximum Gasteiger partial charge on any atom is 0.244 e. The highest BCUT2D eigenvalue weighted by atomic mass is 16.2. The van der Waals surface area contributed by atoms with Crippen LogP contribution in [0.3, 0.4) is 0 Å². The van der Waals surface area contributed by atoms with Crippen LogP contribution in [0.25, 0.3) is 0 Å². The van der Waals surface area contributed by atoms with Gasteiger partial charge in [0.05, 0.1) is 0 Å². The number of carbonyl (C=O) groups excluding carboxylic acids is 1. The summed E-state index contributed by atoms with van der Waals surface area (Å²) in [7, 11) is 2.12. The molecule has 1 saturated heterocycles. The lowest BCUT2D eigenvalue weighted by molar-refractivity contribution is -0.135. The molecule has 2 rings (SSSR count). The van der Waals surface area contributed by atoms with Crippen LogP contribution in [0.1, 0.15) is 24.9 Å². The normalized spacial score (nSPS) is 22.3. The Balaban J connectivity index is 2.04. The van der Waals surface area contributed by atoms with E-state index in [2.05, 4.69) is 18.9 Å². The highest BCUT2D eigenvalue weighted by Crippen LogP contribution is 2.17. The van der Waals surface area contributed by atoms with Crippen molar-refractivity contribution in [2.24, 2.45) is 5.73 Å². The Morgan fingerprint density at radius 2 is 2.05 bits per heavy atom. The van der Waals surface area contributed by atoms with Gasteiger partial charge < -0.3 is 10.6 Å². The van der Waals surface area contributed by atoms with Gasteiger partial charge in [-0.3, -0.25) is 9.69 Å². The molecule has 1 aromatic carbocycles. The number of carbonyl (C=O) groups is 1. The van der Waals surface area contributed by atoms with Crippen molar-refractivity contribution in [1.29, 1.82) is 0 Å². The van der Waals surface area contributed by atoms with Crippen LogP contribution in [-0.4, -0.2) is 48.4 Å². The zero-order chi connectivity index (χ0) is 13.8. The first-order chi connectivity index (χ1) is 9.13. The van der Waals surface area contributed by atoms with Crippen LogP contribution in [0, 0.1) is 0 Å². The molecular weight excluding hydrogens is 238 g/mol. The molecular formula is C15H23N3O. The van der Waals surface area contributed by atoms with E-state index in [0.29, 0.717) is 6.04 Å². The van der Waals surface area contributed by atoms with Gasteiger partial charge >= 0.3 is 0 Å². The predicted octanol–water partition coefficient (Wildman–Crippen LogP) is 1.24. The molecule has 1 aliphatic heterocycles. The second-order valence-corrected chi connectivity index (χ2v) is 5.22. The van der Waals surface area contributed by atoms with Crippen LogP contribution in [0.5, 0.6) is 0 Å². The van der Waals surface area contributed by atoms with Crippen molar-refractivity contribution in [3.63, 3.8) is 0 Å². The van der Waals surface area contributed by atoms with Crippen molar-refractivity contribution in [2.75, 3.05) is 26.7 Å². The summed E-state index contributed by atoms with van der Waals surface area (Å²) < 4.78 is 0. The Bertz CT molecular complexity index is 421. The fourth-order valence-electron chi connectivity index (χ4n) is 2.59. The van der Waals surface area contributed by atoms with Gasteiger partial charge in [0.2, 0.25) is 5.91 Å². The Morgan fingerprint density at radius 3 is 2.68 bits per heavy atom. The number of piperazine rings is 1. The largest absolute Gasteiger partial charge is 0.338 e. The molecule has 4 nitrogen and oxygen atoms in total. The topological polar surface area (TPSA) is 49.6 Å². The van der Waals surface area contributed by atoms with Crippen molar-refractivity contribution in [3.05, 3.63) is 35.9 Å². The third-order valence-electron chi connectivity index (χ3n) is 3.98. The number of amides is 1. The smallest absolute Gasteiger partial charge is 0.244 e. The van der Waals surface area contributed by atoms with Gasteiger partial charge in [0.25, 0.3) is 0 Å². The molecule has 0 aliphatic carbocycles. The van der Waals surface area contributed by atoms with Crippen LogP contribution in [0.2, 0.25) is 0 Å². The van der Waals surface area contributed by atoms with Crippen LogP contribution in [0.4, 0.5) is 0 Å². The van der Waals surface area contributed by atoms with E-state index in [0.717, 1.165) is 31.6 Å². The fraction of sp³-hybridized carbons (Fsp3) is 0.533. The summed E-state index contributed by atoms with van der Waals surface area (Å²) in [6, 6.07) is 9.50. The van der Waals surface area contributed by atoms with Crippen LogP contribution >= 0.6 is 0 Å². The Kier molecular flexibility index (Phi) is 4.56. The van der Waals surface area contributed by atoms with Gasteiger partial charge in [-0.15, -0.1) is 0 Å². The number of rotatable bonds is 3. The van der Waals surface area contributed by atoms with E-state index < -0.39 is 6.04 Å². The van der Waals surface area contributed by atoms with Gasteiger partial charge in [-0.2, -0.15) is 0 Å². The zero-order valence-corrected chi connectivity index (χ0v) is 11.7. The highest BCUT2D eigenvalue weighted by molar-refractivity contribution is 5.83. The molecule has 1 amide bonds. The lowest BCUT2D eigenvalue weighted by Crippen LogP contribution is -2.54. The second-order valence-electron chi connectivity index (χ2n) is 5.22. The molecule has 19 heavy (non-hydrogen) atoms. The first-order valence-electron chi connectivity index (χ1n) is 6.93. The molecule has 2 N–H and O–H groups in total. The zero-order valence-electron chi connectivity index (χ0n) is 11.7. The van der Waals surface area contributed by atoms with Crippen molar-refractivity contribution in [3.8, 4) is 0 Å².